The Kier molecular flexibility index (Phi) is 3.70. The Morgan fingerprint density at radius 1 is 1.45 bits per heavy atom. The van der Waals surface area contributed by atoms with Gasteiger partial charge in [-0.15, -0.1) is 0 Å². The highest BCUT2D eigenvalue weighted by molar-refractivity contribution is 5.78. The topological polar surface area (TPSA) is 68.5 Å². The van der Waals surface area contributed by atoms with Gasteiger partial charge in [-0.25, -0.2) is 9.78 Å². The fraction of sp³-hybridized carbons (Fsp3) is 0.467. The summed E-state index contributed by atoms with van der Waals surface area (Å²) in [4.78, 5) is 17.8. The maximum absolute atomic E-state index is 12.0. The number of aromatic nitrogens is 1. The van der Waals surface area contributed by atoms with E-state index in [4.69, 9.17) is 10.5 Å². The van der Waals surface area contributed by atoms with E-state index >= 15 is 0 Å². The number of hydrogen-bond acceptors (Lipinski definition) is 4. The smallest absolute Gasteiger partial charge is 0.410 e. The van der Waals surface area contributed by atoms with Crippen molar-refractivity contribution in [1.29, 1.82) is 0 Å². The van der Waals surface area contributed by atoms with Gasteiger partial charge < -0.3 is 15.4 Å². The number of rotatable bonds is 1. The standard InChI is InChI=1S/C15H21N3O2/c1-10-7-13(16)17-8-12(10)11-5-6-18(9-11)14(19)20-15(2,3)4/h5,7-8H,6,9H2,1-4H3,(H2,16,17). The summed E-state index contributed by atoms with van der Waals surface area (Å²) in [6.07, 6.45) is 3.50. The number of carbonyl (C=O) groups is 1. The molecule has 0 aromatic carbocycles. The number of nitrogen functional groups attached to an aromatic ring is 1. The molecule has 1 amide bonds. The highest BCUT2D eigenvalue weighted by Crippen LogP contribution is 2.25. The van der Waals surface area contributed by atoms with Crippen LogP contribution in [0.1, 0.15) is 31.9 Å². The summed E-state index contributed by atoms with van der Waals surface area (Å²) in [5, 5.41) is 0. The number of nitrogens with zero attached hydrogens (tertiary/aromatic N) is 2. The van der Waals surface area contributed by atoms with E-state index < -0.39 is 5.60 Å². The van der Waals surface area contributed by atoms with Gasteiger partial charge in [0.15, 0.2) is 0 Å². The zero-order valence-corrected chi connectivity index (χ0v) is 12.4. The van der Waals surface area contributed by atoms with Gasteiger partial charge in [-0.2, -0.15) is 0 Å². The molecule has 1 aliphatic heterocycles. The summed E-state index contributed by atoms with van der Waals surface area (Å²) in [6.45, 7) is 8.69. The van der Waals surface area contributed by atoms with E-state index in [2.05, 4.69) is 4.98 Å². The molecule has 0 bridgehead atoms. The van der Waals surface area contributed by atoms with Crippen molar-refractivity contribution >= 4 is 17.5 Å². The van der Waals surface area contributed by atoms with Crippen LogP contribution in [0.2, 0.25) is 0 Å². The molecule has 0 fully saturated rings. The van der Waals surface area contributed by atoms with Gasteiger partial charge in [0.25, 0.3) is 0 Å². The summed E-state index contributed by atoms with van der Waals surface area (Å²) in [6, 6.07) is 1.84. The molecule has 0 radical (unpaired) electrons. The van der Waals surface area contributed by atoms with Crippen LogP contribution in [-0.2, 0) is 4.74 Å². The highest BCUT2D eigenvalue weighted by Gasteiger charge is 2.26. The number of aryl methyl sites for hydroxylation is 1. The van der Waals surface area contributed by atoms with E-state index in [1.54, 1.807) is 11.1 Å². The van der Waals surface area contributed by atoms with E-state index in [0.717, 1.165) is 16.7 Å². The van der Waals surface area contributed by atoms with Crippen LogP contribution in [0.4, 0.5) is 10.6 Å². The van der Waals surface area contributed by atoms with Crippen LogP contribution in [0.25, 0.3) is 5.57 Å². The average molecular weight is 275 g/mol. The van der Waals surface area contributed by atoms with Gasteiger partial charge >= 0.3 is 6.09 Å². The lowest BCUT2D eigenvalue weighted by Crippen LogP contribution is -2.35. The van der Waals surface area contributed by atoms with Crippen molar-refractivity contribution in [2.24, 2.45) is 0 Å². The van der Waals surface area contributed by atoms with E-state index in [1.165, 1.54) is 0 Å². The van der Waals surface area contributed by atoms with E-state index in [-0.39, 0.29) is 6.09 Å². The number of anilines is 1. The number of amides is 1. The molecule has 0 unspecified atom stereocenters. The first-order valence-electron chi connectivity index (χ1n) is 6.66. The van der Waals surface area contributed by atoms with Crippen LogP contribution in [0, 0.1) is 6.92 Å². The Labute approximate surface area is 119 Å². The molecule has 1 aromatic rings. The van der Waals surface area contributed by atoms with Crippen LogP contribution in [0.3, 0.4) is 0 Å². The van der Waals surface area contributed by atoms with Crippen LogP contribution in [-0.4, -0.2) is 34.7 Å². The second-order valence-corrected chi connectivity index (χ2v) is 6.01. The Morgan fingerprint density at radius 3 is 2.75 bits per heavy atom. The molecule has 20 heavy (non-hydrogen) atoms. The largest absolute Gasteiger partial charge is 0.444 e. The van der Waals surface area contributed by atoms with Crippen LogP contribution in [0.5, 0.6) is 0 Å². The highest BCUT2D eigenvalue weighted by atomic mass is 16.6. The van der Waals surface area contributed by atoms with E-state index in [9.17, 15) is 4.79 Å². The molecule has 2 heterocycles. The van der Waals surface area contributed by atoms with Crippen molar-refractivity contribution in [3.63, 3.8) is 0 Å². The van der Waals surface area contributed by atoms with Crippen molar-refractivity contribution in [3.05, 3.63) is 29.5 Å². The third-order valence-corrected chi connectivity index (χ3v) is 3.05. The molecule has 0 aliphatic carbocycles. The molecule has 1 aromatic heterocycles. The molecule has 1 aliphatic rings. The monoisotopic (exact) mass is 275 g/mol. The Hall–Kier alpha value is -2.04. The molecule has 2 N–H and O–H groups in total. The first-order chi connectivity index (χ1) is 9.26. The molecule has 0 atom stereocenters. The quantitative estimate of drug-likeness (QED) is 0.855. The third kappa shape index (κ3) is 3.29. The predicted molar refractivity (Wildman–Crippen MR) is 79.2 cm³/mol. The van der Waals surface area contributed by atoms with Gasteiger partial charge in [0.1, 0.15) is 11.4 Å². The van der Waals surface area contributed by atoms with Gasteiger partial charge in [0.2, 0.25) is 0 Å². The van der Waals surface area contributed by atoms with Gasteiger partial charge in [-0.1, -0.05) is 6.08 Å². The average Bonchev–Trinajstić information content (AvgIpc) is 2.75. The van der Waals surface area contributed by atoms with Crippen molar-refractivity contribution in [2.75, 3.05) is 18.8 Å². The minimum atomic E-state index is -0.474. The molecule has 0 saturated heterocycles. The zero-order valence-electron chi connectivity index (χ0n) is 12.4. The lowest BCUT2D eigenvalue weighted by Gasteiger charge is -2.24. The van der Waals surface area contributed by atoms with Crippen LogP contribution < -0.4 is 5.73 Å². The van der Waals surface area contributed by atoms with Crippen molar-refractivity contribution in [2.45, 2.75) is 33.3 Å². The number of pyridine rings is 1. The lowest BCUT2D eigenvalue weighted by molar-refractivity contribution is 0.0306. The fourth-order valence-corrected chi connectivity index (χ4v) is 2.13. The lowest BCUT2D eigenvalue weighted by atomic mass is 10.0. The van der Waals surface area contributed by atoms with E-state index in [1.807, 2.05) is 39.8 Å². The number of ether oxygens (including phenoxy) is 1. The van der Waals surface area contributed by atoms with Gasteiger partial charge in [0.05, 0.1) is 0 Å². The molecule has 5 nitrogen and oxygen atoms in total. The Morgan fingerprint density at radius 2 is 2.15 bits per heavy atom. The molecule has 5 heteroatoms. The van der Waals surface area contributed by atoms with Gasteiger partial charge in [-0.3, -0.25) is 0 Å². The second-order valence-electron chi connectivity index (χ2n) is 6.01. The normalized spacial score (nSPS) is 15.2. The minimum Gasteiger partial charge on any atom is -0.444 e. The van der Waals surface area contributed by atoms with Crippen molar-refractivity contribution in [3.8, 4) is 0 Å². The molecule has 2 rings (SSSR count). The number of nitrogens with two attached hydrogens (primary N) is 1. The number of hydrogen-bond donors (Lipinski definition) is 1. The first-order valence-corrected chi connectivity index (χ1v) is 6.66. The molecular weight excluding hydrogens is 254 g/mol. The van der Waals surface area contributed by atoms with Gasteiger partial charge in [0, 0.05) is 24.8 Å². The summed E-state index contributed by atoms with van der Waals surface area (Å²) in [5.74, 6) is 0.508. The Bertz CT molecular complexity index is 559. The van der Waals surface area contributed by atoms with Gasteiger partial charge in [-0.05, 0) is 44.9 Å². The maximum Gasteiger partial charge on any atom is 0.410 e. The third-order valence-electron chi connectivity index (χ3n) is 3.05. The summed E-state index contributed by atoms with van der Waals surface area (Å²) < 4.78 is 5.37. The Balaban J connectivity index is 2.07. The van der Waals surface area contributed by atoms with Crippen molar-refractivity contribution < 1.29 is 9.53 Å². The van der Waals surface area contributed by atoms with Crippen molar-refractivity contribution in [1.82, 2.24) is 9.88 Å². The fourth-order valence-electron chi connectivity index (χ4n) is 2.13. The SMILES string of the molecule is Cc1cc(N)ncc1C1=CCN(C(=O)OC(C)(C)C)C1. The minimum absolute atomic E-state index is 0.287. The second kappa shape index (κ2) is 5.15. The first kappa shape index (κ1) is 14.4. The summed E-state index contributed by atoms with van der Waals surface area (Å²) >= 11 is 0. The van der Waals surface area contributed by atoms with Crippen LogP contribution in [0.15, 0.2) is 18.3 Å². The number of carbonyl (C=O) groups excluding carboxylic acids is 1. The predicted octanol–water partition coefficient (Wildman–Crippen LogP) is 2.61. The zero-order chi connectivity index (χ0) is 14.9. The maximum atomic E-state index is 12.0. The molecular formula is C15H21N3O2. The molecule has 108 valence electrons. The summed E-state index contributed by atoms with van der Waals surface area (Å²) in [7, 11) is 0. The summed E-state index contributed by atoms with van der Waals surface area (Å²) in [5.41, 5.74) is 8.36. The van der Waals surface area contributed by atoms with Crippen LogP contribution >= 0.6 is 0 Å². The van der Waals surface area contributed by atoms with E-state index in [0.29, 0.717) is 18.9 Å². The molecule has 0 saturated carbocycles. The molecule has 0 spiro atoms.